The van der Waals surface area contributed by atoms with Crippen LogP contribution in [0, 0.1) is 0 Å². The fourth-order valence-corrected chi connectivity index (χ4v) is 1.72. The smallest absolute Gasteiger partial charge is 0.238 e. The van der Waals surface area contributed by atoms with Gasteiger partial charge in [-0.2, -0.15) is 0 Å². The van der Waals surface area contributed by atoms with Crippen molar-refractivity contribution in [2.45, 2.75) is 6.92 Å². The number of fused-ring (bicyclic) bond motifs is 1. The Morgan fingerprint density at radius 1 is 1.26 bits per heavy atom. The van der Waals surface area contributed by atoms with Crippen LogP contribution in [-0.4, -0.2) is 32.2 Å². The maximum absolute atomic E-state index is 11.7. The van der Waals surface area contributed by atoms with Gasteiger partial charge in [-0.05, 0) is 19.1 Å². The monoisotopic (exact) mass is 262 g/mol. The summed E-state index contributed by atoms with van der Waals surface area (Å²) in [6.07, 6.45) is 0. The standard InChI is InChI=1S/C14H18N2O3/c1-10(2)8-15-9-14(17)16-11-3-4-12-13(7-11)19-6-5-18-12/h3-4,7,15H,1,5-6,8-9H2,2H3,(H,16,17). The van der Waals surface area contributed by atoms with Gasteiger partial charge in [-0.1, -0.05) is 12.2 Å². The van der Waals surface area contributed by atoms with Crippen LogP contribution in [0.2, 0.25) is 0 Å². The number of carbonyl (C=O) groups excluding carboxylic acids is 1. The maximum atomic E-state index is 11.7. The first-order chi connectivity index (χ1) is 9.15. The summed E-state index contributed by atoms with van der Waals surface area (Å²) in [4.78, 5) is 11.7. The highest BCUT2D eigenvalue weighted by Gasteiger charge is 2.12. The number of carbonyl (C=O) groups is 1. The second kappa shape index (κ2) is 6.24. The number of benzene rings is 1. The molecule has 0 atom stereocenters. The fourth-order valence-electron chi connectivity index (χ4n) is 1.72. The highest BCUT2D eigenvalue weighted by molar-refractivity contribution is 5.92. The van der Waals surface area contributed by atoms with Crippen molar-refractivity contribution < 1.29 is 14.3 Å². The Bertz CT molecular complexity index is 486. The lowest BCUT2D eigenvalue weighted by molar-refractivity contribution is -0.115. The molecular formula is C14H18N2O3. The van der Waals surface area contributed by atoms with Crippen LogP contribution in [0.1, 0.15) is 6.92 Å². The highest BCUT2D eigenvalue weighted by atomic mass is 16.6. The highest BCUT2D eigenvalue weighted by Crippen LogP contribution is 2.32. The van der Waals surface area contributed by atoms with E-state index < -0.39 is 0 Å². The van der Waals surface area contributed by atoms with Crippen LogP contribution in [0.15, 0.2) is 30.4 Å². The van der Waals surface area contributed by atoms with Crippen molar-refractivity contribution in [3.8, 4) is 11.5 Å². The lowest BCUT2D eigenvalue weighted by atomic mass is 10.2. The average molecular weight is 262 g/mol. The van der Waals surface area contributed by atoms with Crippen LogP contribution >= 0.6 is 0 Å². The van der Waals surface area contributed by atoms with E-state index in [1.54, 1.807) is 18.2 Å². The van der Waals surface area contributed by atoms with Gasteiger partial charge in [0.05, 0.1) is 6.54 Å². The summed E-state index contributed by atoms with van der Waals surface area (Å²) in [5.74, 6) is 1.28. The molecule has 2 N–H and O–H groups in total. The molecule has 0 radical (unpaired) electrons. The molecule has 1 heterocycles. The number of nitrogens with one attached hydrogen (secondary N) is 2. The van der Waals surface area contributed by atoms with E-state index in [9.17, 15) is 4.79 Å². The Kier molecular flexibility index (Phi) is 4.41. The van der Waals surface area contributed by atoms with Crippen molar-refractivity contribution >= 4 is 11.6 Å². The molecule has 102 valence electrons. The van der Waals surface area contributed by atoms with Crippen molar-refractivity contribution in [1.82, 2.24) is 5.32 Å². The molecule has 0 unspecified atom stereocenters. The van der Waals surface area contributed by atoms with Crippen molar-refractivity contribution in [3.63, 3.8) is 0 Å². The first-order valence-corrected chi connectivity index (χ1v) is 6.20. The van der Waals surface area contributed by atoms with Gasteiger partial charge in [-0.25, -0.2) is 0 Å². The number of ether oxygens (including phenoxy) is 2. The average Bonchev–Trinajstić information content (AvgIpc) is 2.38. The summed E-state index contributed by atoms with van der Waals surface area (Å²) in [6.45, 7) is 7.64. The molecule has 1 aliphatic heterocycles. The van der Waals surface area contributed by atoms with E-state index in [0.717, 1.165) is 5.57 Å². The molecule has 0 spiro atoms. The molecule has 0 fully saturated rings. The van der Waals surface area contributed by atoms with Gasteiger partial charge in [0, 0.05) is 18.3 Å². The molecule has 0 aromatic heterocycles. The third-order valence-corrected chi connectivity index (χ3v) is 2.54. The fraction of sp³-hybridized carbons (Fsp3) is 0.357. The number of rotatable bonds is 5. The topological polar surface area (TPSA) is 59.6 Å². The molecular weight excluding hydrogens is 244 g/mol. The zero-order valence-corrected chi connectivity index (χ0v) is 11.0. The van der Waals surface area contributed by atoms with E-state index in [1.807, 2.05) is 6.92 Å². The Morgan fingerprint density at radius 3 is 2.74 bits per heavy atom. The maximum Gasteiger partial charge on any atom is 0.238 e. The van der Waals surface area contributed by atoms with Crippen molar-refractivity contribution in [2.24, 2.45) is 0 Å². The van der Waals surface area contributed by atoms with Crippen molar-refractivity contribution in [2.75, 3.05) is 31.6 Å². The van der Waals surface area contributed by atoms with Gasteiger partial charge >= 0.3 is 0 Å². The van der Waals surface area contributed by atoms with Crippen molar-refractivity contribution in [1.29, 1.82) is 0 Å². The van der Waals surface area contributed by atoms with Crippen LogP contribution in [-0.2, 0) is 4.79 Å². The van der Waals surface area contributed by atoms with Gasteiger partial charge in [0.25, 0.3) is 0 Å². The molecule has 0 bridgehead atoms. The molecule has 1 aliphatic rings. The number of anilines is 1. The predicted molar refractivity (Wildman–Crippen MR) is 73.7 cm³/mol. The van der Waals surface area contributed by atoms with Gasteiger partial charge < -0.3 is 20.1 Å². The molecule has 1 aromatic carbocycles. The lowest BCUT2D eigenvalue weighted by Crippen LogP contribution is -2.29. The molecule has 0 saturated carbocycles. The number of hydrogen-bond donors (Lipinski definition) is 2. The number of hydrogen-bond acceptors (Lipinski definition) is 4. The molecule has 1 amide bonds. The van der Waals surface area contributed by atoms with Gasteiger partial charge in [0.15, 0.2) is 11.5 Å². The van der Waals surface area contributed by atoms with Crippen LogP contribution in [0.3, 0.4) is 0 Å². The van der Waals surface area contributed by atoms with E-state index in [2.05, 4.69) is 17.2 Å². The Labute approximate surface area is 112 Å². The van der Waals surface area contributed by atoms with Crippen molar-refractivity contribution in [3.05, 3.63) is 30.4 Å². The second-order valence-corrected chi connectivity index (χ2v) is 4.47. The molecule has 19 heavy (non-hydrogen) atoms. The summed E-state index contributed by atoms with van der Waals surface area (Å²) in [5, 5.41) is 5.80. The Balaban J connectivity index is 1.88. The predicted octanol–water partition coefficient (Wildman–Crippen LogP) is 1.56. The first-order valence-electron chi connectivity index (χ1n) is 6.20. The molecule has 5 heteroatoms. The van der Waals surface area contributed by atoms with Gasteiger partial charge in [0.2, 0.25) is 5.91 Å². The lowest BCUT2D eigenvalue weighted by Gasteiger charge is -2.19. The van der Waals surface area contributed by atoms with E-state index >= 15 is 0 Å². The zero-order chi connectivity index (χ0) is 13.7. The summed E-state index contributed by atoms with van der Waals surface area (Å²) in [6, 6.07) is 5.36. The zero-order valence-electron chi connectivity index (χ0n) is 11.0. The SMILES string of the molecule is C=C(C)CNCC(=O)Nc1ccc2c(c1)OCCO2. The molecule has 1 aromatic rings. The molecule has 2 rings (SSSR count). The molecule has 0 aliphatic carbocycles. The Hall–Kier alpha value is -2.01. The largest absolute Gasteiger partial charge is 0.486 e. The molecule has 5 nitrogen and oxygen atoms in total. The van der Waals surface area contributed by atoms with E-state index in [0.29, 0.717) is 36.9 Å². The normalized spacial score (nSPS) is 12.9. The molecule has 0 saturated heterocycles. The van der Waals surface area contributed by atoms with Crippen LogP contribution < -0.4 is 20.1 Å². The summed E-state index contributed by atoms with van der Waals surface area (Å²) < 4.78 is 10.9. The van der Waals surface area contributed by atoms with Gasteiger partial charge in [-0.3, -0.25) is 4.79 Å². The van der Waals surface area contributed by atoms with E-state index in [-0.39, 0.29) is 12.5 Å². The Morgan fingerprint density at radius 2 is 2.00 bits per heavy atom. The summed E-state index contributed by atoms with van der Waals surface area (Å²) in [7, 11) is 0. The van der Waals surface area contributed by atoms with Crippen LogP contribution in [0.25, 0.3) is 0 Å². The minimum absolute atomic E-state index is 0.0991. The summed E-state index contributed by atoms with van der Waals surface area (Å²) >= 11 is 0. The van der Waals surface area contributed by atoms with E-state index in [4.69, 9.17) is 9.47 Å². The minimum Gasteiger partial charge on any atom is -0.486 e. The third kappa shape index (κ3) is 3.99. The van der Waals surface area contributed by atoms with Crippen LogP contribution in [0.5, 0.6) is 11.5 Å². The minimum atomic E-state index is -0.0991. The van der Waals surface area contributed by atoms with Gasteiger partial charge in [0.1, 0.15) is 13.2 Å². The third-order valence-electron chi connectivity index (χ3n) is 2.54. The van der Waals surface area contributed by atoms with Crippen LogP contribution in [0.4, 0.5) is 5.69 Å². The number of amides is 1. The van der Waals surface area contributed by atoms with Gasteiger partial charge in [-0.15, -0.1) is 0 Å². The quantitative estimate of drug-likeness (QED) is 0.791. The summed E-state index contributed by atoms with van der Waals surface area (Å²) in [5.41, 5.74) is 1.69. The second-order valence-electron chi connectivity index (χ2n) is 4.47. The van der Waals surface area contributed by atoms with E-state index in [1.165, 1.54) is 0 Å². The first kappa shape index (κ1) is 13.4.